The second-order valence-corrected chi connectivity index (χ2v) is 6.93. The van der Waals surface area contributed by atoms with Gasteiger partial charge in [-0.1, -0.05) is 42.5 Å². The molecule has 1 aliphatic carbocycles. The lowest BCUT2D eigenvalue weighted by molar-refractivity contribution is -0.146. The van der Waals surface area contributed by atoms with Crippen molar-refractivity contribution in [1.82, 2.24) is 0 Å². The number of allylic oxidation sites excluding steroid dienone is 2. The number of ether oxygens (including phenoxy) is 1. The molecule has 3 rings (SSSR count). The number of Topliss-reactive ketones (excluding diaryl/α,β-unsaturated/α-hetero) is 1. The number of amides is 1. The van der Waals surface area contributed by atoms with Crippen molar-refractivity contribution in [2.75, 3.05) is 11.9 Å². The van der Waals surface area contributed by atoms with Gasteiger partial charge in [-0.05, 0) is 37.1 Å². The number of nitrogens with one attached hydrogen (secondary N) is 1. The van der Waals surface area contributed by atoms with Crippen LogP contribution >= 0.6 is 0 Å². The number of benzene rings is 2. The summed E-state index contributed by atoms with van der Waals surface area (Å²) in [6.07, 6.45) is 4.26. The lowest BCUT2D eigenvalue weighted by Crippen LogP contribution is -2.34. The highest BCUT2D eigenvalue weighted by Crippen LogP contribution is 2.27. The summed E-state index contributed by atoms with van der Waals surface area (Å²) in [6.45, 7) is -0.368. The number of carbonyl (C=O) groups excluding carboxylic acids is 3. The summed E-state index contributed by atoms with van der Waals surface area (Å²) in [7, 11) is 0. The number of hydrogen-bond acceptors (Lipinski definition) is 5. The summed E-state index contributed by atoms with van der Waals surface area (Å²) in [4.78, 5) is 48.0. The zero-order valence-corrected chi connectivity index (χ0v) is 16.1. The zero-order valence-electron chi connectivity index (χ0n) is 16.1. The number of hydrogen-bond donors (Lipinski definition) is 2. The van der Waals surface area contributed by atoms with Gasteiger partial charge in [0.05, 0.1) is 17.4 Å². The SMILES string of the molecule is O=C(COC(=O)c1ccc(NC(=O)[C@@H]2CC=CC[C@@H]2C(=O)O)cc1)c1ccccc1. The van der Waals surface area contributed by atoms with Gasteiger partial charge in [-0.2, -0.15) is 0 Å². The first-order chi connectivity index (χ1) is 14.5. The van der Waals surface area contributed by atoms with Gasteiger partial charge in [0.25, 0.3) is 0 Å². The molecule has 0 unspecified atom stereocenters. The Kier molecular flexibility index (Phi) is 6.75. The number of anilines is 1. The van der Waals surface area contributed by atoms with Crippen molar-refractivity contribution < 1.29 is 29.0 Å². The molecule has 0 bridgehead atoms. The van der Waals surface area contributed by atoms with Gasteiger partial charge in [-0.25, -0.2) is 4.79 Å². The minimum atomic E-state index is -0.998. The van der Waals surface area contributed by atoms with E-state index in [9.17, 15) is 24.3 Å². The molecule has 7 heteroatoms. The highest BCUT2D eigenvalue weighted by molar-refractivity contribution is 5.99. The van der Waals surface area contributed by atoms with Gasteiger partial charge >= 0.3 is 11.9 Å². The molecule has 30 heavy (non-hydrogen) atoms. The smallest absolute Gasteiger partial charge is 0.338 e. The lowest BCUT2D eigenvalue weighted by atomic mass is 9.82. The van der Waals surface area contributed by atoms with Crippen molar-refractivity contribution in [1.29, 1.82) is 0 Å². The number of carboxylic acids is 1. The minimum absolute atomic E-state index is 0.234. The predicted octanol–water partition coefficient (Wildman–Crippen LogP) is 3.33. The summed E-state index contributed by atoms with van der Waals surface area (Å²) in [5.41, 5.74) is 1.13. The van der Waals surface area contributed by atoms with E-state index in [1.54, 1.807) is 42.5 Å². The van der Waals surface area contributed by atoms with Gasteiger partial charge in [-0.3, -0.25) is 14.4 Å². The number of aliphatic carboxylic acids is 1. The average molecular weight is 407 g/mol. The summed E-state index contributed by atoms with van der Waals surface area (Å²) >= 11 is 0. The first-order valence-corrected chi connectivity index (χ1v) is 9.50. The van der Waals surface area contributed by atoms with Gasteiger partial charge in [0.1, 0.15) is 0 Å². The van der Waals surface area contributed by atoms with Crippen LogP contribution in [0.2, 0.25) is 0 Å². The Bertz CT molecular complexity index is 965. The van der Waals surface area contributed by atoms with E-state index in [2.05, 4.69) is 5.32 Å². The van der Waals surface area contributed by atoms with Crippen LogP contribution in [0.15, 0.2) is 66.7 Å². The highest BCUT2D eigenvalue weighted by atomic mass is 16.5. The Morgan fingerprint density at radius 2 is 1.50 bits per heavy atom. The third kappa shape index (κ3) is 5.20. The summed E-state index contributed by atoms with van der Waals surface area (Å²) < 4.78 is 5.05. The molecule has 0 saturated carbocycles. The maximum absolute atomic E-state index is 12.5. The molecule has 2 atom stereocenters. The van der Waals surface area contributed by atoms with Crippen molar-refractivity contribution in [3.05, 3.63) is 77.9 Å². The second-order valence-electron chi connectivity index (χ2n) is 6.93. The molecule has 2 aromatic rings. The summed E-state index contributed by atoms with van der Waals surface area (Å²) in [6, 6.07) is 14.5. The van der Waals surface area contributed by atoms with Crippen LogP contribution < -0.4 is 5.32 Å². The molecule has 0 spiro atoms. The van der Waals surface area contributed by atoms with Crippen LogP contribution in [0.25, 0.3) is 0 Å². The molecule has 154 valence electrons. The molecule has 0 aliphatic heterocycles. The molecule has 2 N–H and O–H groups in total. The number of rotatable bonds is 7. The number of carbonyl (C=O) groups is 4. The van der Waals surface area contributed by atoms with E-state index < -0.39 is 23.8 Å². The number of ketones is 1. The van der Waals surface area contributed by atoms with Crippen molar-refractivity contribution in [3.63, 3.8) is 0 Å². The van der Waals surface area contributed by atoms with Crippen molar-refractivity contribution in [2.24, 2.45) is 11.8 Å². The molecule has 0 heterocycles. The highest BCUT2D eigenvalue weighted by Gasteiger charge is 2.33. The van der Waals surface area contributed by atoms with Crippen LogP contribution in [-0.4, -0.2) is 35.3 Å². The lowest BCUT2D eigenvalue weighted by Gasteiger charge is -2.24. The van der Waals surface area contributed by atoms with Crippen molar-refractivity contribution in [3.8, 4) is 0 Å². The monoisotopic (exact) mass is 407 g/mol. The fourth-order valence-corrected chi connectivity index (χ4v) is 3.22. The Hall–Kier alpha value is -3.74. The normalized spacial score (nSPS) is 17.7. The third-order valence-electron chi connectivity index (χ3n) is 4.90. The van der Waals surface area contributed by atoms with Gasteiger partial charge in [0.2, 0.25) is 5.91 Å². The van der Waals surface area contributed by atoms with Crippen LogP contribution in [0.1, 0.15) is 33.6 Å². The van der Waals surface area contributed by atoms with E-state index in [4.69, 9.17) is 4.74 Å². The first kappa shape index (κ1) is 21.0. The fourth-order valence-electron chi connectivity index (χ4n) is 3.22. The average Bonchev–Trinajstić information content (AvgIpc) is 2.78. The van der Waals surface area contributed by atoms with E-state index in [1.165, 1.54) is 24.3 Å². The molecule has 0 aromatic heterocycles. The third-order valence-corrected chi connectivity index (χ3v) is 4.90. The van der Waals surface area contributed by atoms with Gasteiger partial charge < -0.3 is 15.2 Å². The van der Waals surface area contributed by atoms with Gasteiger partial charge in [0, 0.05) is 11.3 Å². The minimum Gasteiger partial charge on any atom is -0.481 e. The zero-order chi connectivity index (χ0) is 21.5. The molecular weight excluding hydrogens is 386 g/mol. The predicted molar refractivity (Wildman–Crippen MR) is 109 cm³/mol. The van der Waals surface area contributed by atoms with Gasteiger partial charge in [0.15, 0.2) is 12.4 Å². The molecule has 0 radical (unpaired) electrons. The molecule has 1 amide bonds. The van der Waals surface area contributed by atoms with Crippen LogP contribution in [0.5, 0.6) is 0 Å². The number of esters is 1. The van der Waals surface area contributed by atoms with Crippen molar-refractivity contribution >= 4 is 29.3 Å². The van der Waals surface area contributed by atoms with E-state index in [0.717, 1.165) is 0 Å². The molecule has 1 aliphatic rings. The van der Waals surface area contributed by atoms with E-state index >= 15 is 0 Å². The standard InChI is InChI=1S/C23H21NO6/c25-20(15-6-2-1-3-7-15)14-30-23(29)16-10-12-17(13-11-16)24-21(26)18-8-4-5-9-19(18)22(27)28/h1-7,10-13,18-19H,8-9,14H2,(H,24,26)(H,27,28)/t18-,19+/m1/s1. The van der Waals surface area contributed by atoms with Crippen LogP contribution in [0, 0.1) is 11.8 Å². The van der Waals surface area contributed by atoms with E-state index in [0.29, 0.717) is 24.1 Å². The fraction of sp³-hybridized carbons (Fsp3) is 0.217. The molecular formula is C23H21NO6. The summed E-state index contributed by atoms with van der Waals surface area (Å²) in [5, 5.41) is 12.0. The molecule has 0 saturated heterocycles. The van der Waals surface area contributed by atoms with E-state index in [1.807, 2.05) is 0 Å². The maximum Gasteiger partial charge on any atom is 0.338 e. The van der Waals surface area contributed by atoms with Gasteiger partial charge in [-0.15, -0.1) is 0 Å². The Morgan fingerprint density at radius 3 is 2.13 bits per heavy atom. The number of carboxylic acid groups (broad SMARTS) is 1. The van der Waals surface area contributed by atoms with Crippen molar-refractivity contribution in [2.45, 2.75) is 12.8 Å². The topological polar surface area (TPSA) is 110 Å². The first-order valence-electron chi connectivity index (χ1n) is 9.50. The summed E-state index contributed by atoms with van der Waals surface area (Å²) in [5.74, 6) is -3.74. The Labute approximate surface area is 173 Å². The molecule has 2 aromatic carbocycles. The molecule has 7 nitrogen and oxygen atoms in total. The second kappa shape index (κ2) is 9.65. The molecule has 0 fully saturated rings. The van der Waals surface area contributed by atoms with Crippen LogP contribution in [0.4, 0.5) is 5.69 Å². The largest absolute Gasteiger partial charge is 0.481 e. The Morgan fingerprint density at radius 1 is 0.867 bits per heavy atom. The van der Waals surface area contributed by atoms with Crippen LogP contribution in [0.3, 0.4) is 0 Å². The van der Waals surface area contributed by atoms with E-state index in [-0.39, 0.29) is 23.9 Å². The maximum atomic E-state index is 12.5. The quantitative estimate of drug-likeness (QED) is 0.414. The van der Waals surface area contributed by atoms with Crippen LogP contribution in [-0.2, 0) is 14.3 Å². The Balaban J connectivity index is 1.56.